The summed E-state index contributed by atoms with van der Waals surface area (Å²) in [5, 5.41) is 3.74. The first-order chi connectivity index (χ1) is 9.58. The van der Waals surface area contributed by atoms with Crippen molar-refractivity contribution >= 4 is 5.91 Å². The molecule has 1 fully saturated rings. The first-order valence-corrected chi connectivity index (χ1v) is 8.60. The average Bonchev–Trinajstić information content (AvgIpc) is 2.44. The number of hydrogen-bond donors (Lipinski definition) is 1. The number of piperidine rings is 1. The highest BCUT2D eigenvalue weighted by Gasteiger charge is 2.25. The molecule has 1 heterocycles. The van der Waals surface area contributed by atoms with Gasteiger partial charge in [0.1, 0.15) is 0 Å². The Hall–Kier alpha value is -0.570. The second kappa shape index (κ2) is 9.38. The van der Waals surface area contributed by atoms with E-state index in [1.807, 2.05) is 13.8 Å². The van der Waals surface area contributed by atoms with Crippen LogP contribution < -0.4 is 5.32 Å². The molecule has 0 aromatic rings. The van der Waals surface area contributed by atoms with Crippen LogP contribution in [0.1, 0.15) is 66.2 Å². The number of likely N-dealkylation sites (tertiary alicyclic amines) is 1. The van der Waals surface area contributed by atoms with Crippen molar-refractivity contribution in [1.29, 1.82) is 0 Å². The summed E-state index contributed by atoms with van der Waals surface area (Å²) >= 11 is 0. The van der Waals surface area contributed by atoms with Crippen LogP contribution in [0, 0.1) is 11.8 Å². The first kappa shape index (κ1) is 17.5. The summed E-state index contributed by atoms with van der Waals surface area (Å²) in [5.74, 6) is 1.10. The van der Waals surface area contributed by atoms with Gasteiger partial charge in [-0.05, 0) is 38.1 Å². The third-order valence-electron chi connectivity index (χ3n) is 4.29. The number of rotatable bonds is 8. The van der Waals surface area contributed by atoms with Crippen LogP contribution in [0.25, 0.3) is 0 Å². The highest BCUT2D eigenvalue weighted by atomic mass is 16.2. The van der Waals surface area contributed by atoms with Gasteiger partial charge in [-0.3, -0.25) is 4.79 Å². The minimum Gasteiger partial charge on any atom is -0.342 e. The van der Waals surface area contributed by atoms with Crippen LogP contribution in [0.15, 0.2) is 0 Å². The predicted octanol–water partition coefficient (Wildman–Crippen LogP) is 3.44. The molecule has 1 atom stereocenters. The molecule has 0 radical (unpaired) electrons. The molecule has 0 aliphatic carbocycles. The number of nitrogens with zero attached hydrogens (tertiary/aromatic N) is 1. The molecule has 0 spiro atoms. The fraction of sp³-hybridized carbons (Fsp3) is 0.941. The Morgan fingerprint density at radius 2 is 1.90 bits per heavy atom. The predicted molar refractivity (Wildman–Crippen MR) is 85.7 cm³/mol. The average molecular weight is 282 g/mol. The lowest BCUT2D eigenvalue weighted by Gasteiger charge is -2.34. The Morgan fingerprint density at radius 1 is 1.25 bits per heavy atom. The molecule has 1 rings (SSSR count). The van der Waals surface area contributed by atoms with Gasteiger partial charge in [-0.2, -0.15) is 0 Å². The normalized spacial score (nSPS) is 19.9. The SMILES string of the molecule is CCCC(CCC)NC[C@H]1CCCN(C(=O)C(C)C)C1. The summed E-state index contributed by atoms with van der Waals surface area (Å²) in [6, 6.07) is 0.668. The van der Waals surface area contributed by atoms with E-state index in [-0.39, 0.29) is 5.92 Å². The summed E-state index contributed by atoms with van der Waals surface area (Å²) in [6.07, 6.45) is 7.47. The summed E-state index contributed by atoms with van der Waals surface area (Å²) in [7, 11) is 0. The maximum absolute atomic E-state index is 12.1. The van der Waals surface area contributed by atoms with Crippen LogP contribution in [0.5, 0.6) is 0 Å². The molecule has 0 saturated carbocycles. The lowest BCUT2D eigenvalue weighted by molar-refractivity contribution is -0.136. The Morgan fingerprint density at radius 3 is 2.45 bits per heavy atom. The van der Waals surface area contributed by atoms with E-state index in [1.165, 1.54) is 32.1 Å². The van der Waals surface area contributed by atoms with E-state index in [0.29, 0.717) is 17.9 Å². The topological polar surface area (TPSA) is 32.3 Å². The maximum atomic E-state index is 12.1. The molecule has 1 aliphatic heterocycles. The minimum atomic E-state index is 0.134. The van der Waals surface area contributed by atoms with Gasteiger partial charge in [0.05, 0.1) is 0 Å². The van der Waals surface area contributed by atoms with Crippen molar-refractivity contribution in [2.24, 2.45) is 11.8 Å². The molecule has 0 aromatic carbocycles. The van der Waals surface area contributed by atoms with Crippen molar-refractivity contribution in [3.8, 4) is 0 Å². The van der Waals surface area contributed by atoms with Gasteiger partial charge in [-0.1, -0.05) is 40.5 Å². The molecule has 1 amide bonds. The van der Waals surface area contributed by atoms with Crippen LogP contribution >= 0.6 is 0 Å². The van der Waals surface area contributed by atoms with Crippen molar-refractivity contribution in [1.82, 2.24) is 10.2 Å². The summed E-state index contributed by atoms with van der Waals surface area (Å²) in [6.45, 7) is 11.5. The van der Waals surface area contributed by atoms with Crippen molar-refractivity contribution < 1.29 is 4.79 Å². The molecule has 1 aliphatic rings. The molecule has 3 heteroatoms. The number of nitrogens with one attached hydrogen (secondary N) is 1. The fourth-order valence-electron chi connectivity index (χ4n) is 3.18. The summed E-state index contributed by atoms with van der Waals surface area (Å²) < 4.78 is 0. The Balaban J connectivity index is 2.37. The lowest BCUT2D eigenvalue weighted by Crippen LogP contribution is -2.45. The van der Waals surface area contributed by atoms with Gasteiger partial charge in [0.2, 0.25) is 5.91 Å². The molecule has 1 N–H and O–H groups in total. The second-order valence-electron chi connectivity index (χ2n) is 6.63. The van der Waals surface area contributed by atoms with Gasteiger partial charge < -0.3 is 10.2 Å². The van der Waals surface area contributed by atoms with E-state index < -0.39 is 0 Å². The summed E-state index contributed by atoms with van der Waals surface area (Å²) in [5.41, 5.74) is 0. The largest absolute Gasteiger partial charge is 0.342 e. The van der Waals surface area contributed by atoms with Crippen molar-refractivity contribution in [2.75, 3.05) is 19.6 Å². The van der Waals surface area contributed by atoms with Crippen LogP contribution in [0.2, 0.25) is 0 Å². The van der Waals surface area contributed by atoms with Gasteiger partial charge >= 0.3 is 0 Å². The zero-order valence-corrected chi connectivity index (χ0v) is 14.0. The third-order valence-corrected chi connectivity index (χ3v) is 4.29. The zero-order chi connectivity index (χ0) is 15.0. The molecular weight excluding hydrogens is 248 g/mol. The van der Waals surface area contributed by atoms with Gasteiger partial charge in [-0.15, -0.1) is 0 Å². The fourth-order valence-corrected chi connectivity index (χ4v) is 3.18. The Labute approximate surface area is 125 Å². The molecule has 0 unspecified atom stereocenters. The standard InChI is InChI=1S/C17H34N2O/c1-5-8-16(9-6-2)18-12-15-10-7-11-19(13-15)17(20)14(3)4/h14-16,18H,5-13H2,1-4H3/t15-/m1/s1. The molecular formula is C17H34N2O. The second-order valence-corrected chi connectivity index (χ2v) is 6.63. The van der Waals surface area contributed by atoms with Gasteiger partial charge in [0.15, 0.2) is 0 Å². The molecule has 20 heavy (non-hydrogen) atoms. The van der Waals surface area contributed by atoms with E-state index in [9.17, 15) is 4.79 Å². The maximum Gasteiger partial charge on any atom is 0.225 e. The Kier molecular flexibility index (Phi) is 8.20. The number of carbonyl (C=O) groups is 1. The van der Waals surface area contributed by atoms with Gasteiger partial charge in [0.25, 0.3) is 0 Å². The van der Waals surface area contributed by atoms with Crippen LogP contribution in [0.4, 0.5) is 0 Å². The van der Waals surface area contributed by atoms with Crippen LogP contribution in [0.3, 0.4) is 0 Å². The van der Waals surface area contributed by atoms with E-state index in [1.54, 1.807) is 0 Å². The van der Waals surface area contributed by atoms with Crippen molar-refractivity contribution in [3.05, 3.63) is 0 Å². The van der Waals surface area contributed by atoms with E-state index in [0.717, 1.165) is 26.1 Å². The zero-order valence-electron chi connectivity index (χ0n) is 14.0. The van der Waals surface area contributed by atoms with Crippen LogP contribution in [-0.2, 0) is 4.79 Å². The molecule has 3 nitrogen and oxygen atoms in total. The van der Waals surface area contributed by atoms with Crippen molar-refractivity contribution in [3.63, 3.8) is 0 Å². The van der Waals surface area contributed by atoms with E-state index in [2.05, 4.69) is 24.1 Å². The smallest absolute Gasteiger partial charge is 0.225 e. The third kappa shape index (κ3) is 5.82. The molecule has 118 valence electrons. The van der Waals surface area contributed by atoms with E-state index >= 15 is 0 Å². The highest BCUT2D eigenvalue weighted by Crippen LogP contribution is 2.18. The number of hydrogen-bond acceptors (Lipinski definition) is 2. The number of amides is 1. The number of carbonyl (C=O) groups excluding carboxylic acids is 1. The highest BCUT2D eigenvalue weighted by molar-refractivity contribution is 5.78. The summed E-state index contributed by atoms with van der Waals surface area (Å²) in [4.78, 5) is 14.2. The monoisotopic (exact) mass is 282 g/mol. The first-order valence-electron chi connectivity index (χ1n) is 8.60. The molecule has 1 saturated heterocycles. The van der Waals surface area contributed by atoms with Gasteiger partial charge in [-0.25, -0.2) is 0 Å². The van der Waals surface area contributed by atoms with Crippen molar-refractivity contribution in [2.45, 2.75) is 72.3 Å². The quantitative estimate of drug-likeness (QED) is 0.739. The molecule has 0 bridgehead atoms. The van der Waals surface area contributed by atoms with Gasteiger partial charge in [0, 0.05) is 25.0 Å². The minimum absolute atomic E-state index is 0.134. The lowest BCUT2D eigenvalue weighted by atomic mass is 9.96. The molecule has 0 aromatic heterocycles. The van der Waals surface area contributed by atoms with Crippen LogP contribution in [-0.4, -0.2) is 36.5 Å². The van der Waals surface area contributed by atoms with E-state index in [4.69, 9.17) is 0 Å². The Bertz CT molecular complexity index is 272.